The molecule has 0 radical (unpaired) electrons. The summed E-state index contributed by atoms with van der Waals surface area (Å²) in [5.41, 5.74) is 1.11. The molecule has 0 aromatic heterocycles. The smallest absolute Gasteiger partial charge is 0.125 e. The lowest BCUT2D eigenvalue weighted by Crippen LogP contribution is -2.41. The molecule has 2 rings (SSSR count). The molecule has 0 fully saturated rings. The zero-order valence-electron chi connectivity index (χ0n) is 10.7. The quantitative estimate of drug-likeness (QED) is 0.881. The van der Waals surface area contributed by atoms with Crippen molar-refractivity contribution >= 4 is 11.6 Å². The van der Waals surface area contributed by atoms with Crippen LogP contribution in [0.3, 0.4) is 0 Å². The molecule has 1 N–H and O–H groups in total. The predicted octanol–water partition coefficient (Wildman–Crippen LogP) is 3.94. The maximum Gasteiger partial charge on any atom is 0.125 e. The molecule has 1 aliphatic rings. The molecule has 1 heterocycles. The second kappa shape index (κ2) is 4.87. The SMILES string of the molecule is CCNC1CC(C)(CC)Oc2ccc(Cl)cc21. The largest absolute Gasteiger partial charge is 0.487 e. The minimum atomic E-state index is -0.0757. The van der Waals surface area contributed by atoms with Gasteiger partial charge in [0, 0.05) is 23.0 Å². The number of ether oxygens (including phenoxy) is 1. The summed E-state index contributed by atoms with van der Waals surface area (Å²) in [4.78, 5) is 0. The monoisotopic (exact) mass is 253 g/mol. The summed E-state index contributed by atoms with van der Waals surface area (Å²) >= 11 is 6.06. The fraction of sp³-hybridized carbons (Fsp3) is 0.571. The topological polar surface area (TPSA) is 21.3 Å². The number of halogens is 1. The van der Waals surface area contributed by atoms with Crippen molar-refractivity contribution in [2.45, 2.75) is 45.3 Å². The Labute approximate surface area is 108 Å². The van der Waals surface area contributed by atoms with E-state index in [1.54, 1.807) is 0 Å². The maximum atomic E-state index is 6.10. The number of nitrogens with one attached hydrogen (secondary N) is 1. The average molecular weight is 254 g/mol. The van der Waals surface area contributed by atoms with E-state index in [0.29, 0.717) is 6.04 Å². The van der Waals surface area contributed by atoms with Gasteiger partial charge in [0.1, 0.15) is 11.4 Å². The molecule has 94 valence electrons. The number of hydrogen-bond donors (Lipinski definition) is 1. The fourth-order valence-electron chi connectivity index (χ4n) is 2.38. The lowest BCUT2D eigenvalue weighted by Gasteiger charge is -2.40. The standard InChI is InChI=1S/C14H20ClNO/c1-4-14(3)9-12(16-5-2)11-8-10(15)6-7-13(11)17-14/h6-8,12,16H,4-5,9H2,1-3H3. The van der Waals surface area contributed by atoms with Crippen LogP contribution >= 0.6 is 11.6 Å². The van der Waals surface area contributed by atoms with Crippen molar-refractivity contribution in [1.29, 1.82) is 0 Å². The molecular formula is C14H20ClNO. The number of rotatable bonds is 3. The van der Waals surface area contributed by atoms with Crippen LogP contribution in [-0.2, 0) is 0 Å². The Bertz CT molecular complexity index is 407. The van der Waals surface area contributed by atoms with Crippen LogP contribution in [0, 0.1) is 0 Å². The third-order valence-corrected chi connectivity index (χ3v) is 3.77. The van der Waals surface area contributed by atoms with Crippen molar-refractivity contribution in [2.75, 3.05) is 6.54 Å². The van der Waals surface area contributed by atoms with Gasteiger partial charge in [-0.3, -0.25) is 0 Å². The van der Waals surface area contributed by atoms with Crippen molar-refractivity contribution < 1.29 is 4.74 Å². The van der Waals surface area contributed by atoms with Crippen LogP contribution in [-0.4, -0.2) is 12.1 Å². The molecule has 0 aliphatic carbocycles. The highest BCUT2D eigenvalue weighted by molar-refractivity contribution is 6.30. The van der Waals surface area contributed by atoms with Crippen molar-refractivity contribution in [3.05, 3.63) is 28.8 Å². The second-order valence-corrected chi connectivity index (χ2v) is 5.34. The van der Waals surface area contributed by atoms with E-state index >= 15 is 0 Å². The molecule has 3 heteroatoms. The highest BCUT2D eigenvalue weighted by atomic mass is 35.5. The molecular weight excluding hydrogens is 234 g/mol. The Morgan fingerprint density at radius 2 is 2.24 bits per heavy atom. The van der Waals surface area contributed by atoms with Crippen LogP contribution in [0.2, 0.25) is 5.02 Å². The van der Waals surface area contributed by atoms with Gasteiger partial charge in [-0.15, -0.1) is 0 Å². The Morgan fingerprint density at radius 3 is 2.88 bits per heavy atom. The summed E-state index contributed by atoms with van der Waals surface area (Å²) in [5.74, 6) is 0.968. The third-order valence-electron chi connectivity index (χ3n) is 3.54. The van der Waals surface area contributed by atoms with E-state index in [-0.39, 0.29) is 5.60 Å². The Balaban J connectivity index is 2.38. The minimum Gasteiger partial charge on any atom is -0.487 e. The number of hydrogen-bond acceptors (Lipinski definition) is 2. The molecule has 0 spiro atoms. The van der Waals surface area contributed by atoms with Crippen molar-refractivity contribution in [1.82, 2.24) is 5.32 Å². The van der Waals surface area contributed by atoms with Gasteiger partial charge in [-0.25, -0.2) is 0 Å². The summed E-state index contributed by atoms with van der Waals surface area (Å²) in [6, 6.07) is 6.23. The lowest BCUT2D eigenvalue weighted by molar-refractivity contribution is 0.0446. The molecule has 2 nitrogen and oxygen atoms in total. The first kappa shape index (κ1) is 12.7. The molecule has 17 heavy (non-hydrogen) atoms. The molecule has 0 bridgehead atoms. The molecule has 0 amide bonds. The highest BCUT2D eigenvalue weighted by Gasteiger charge is 2.35. The van der Waals surface area contributed by atoms with Crippen LogP contribution in [0.15, 0.2) is 18.2 Å². The van der Waals surface area contributed by atoms with E-state index in [2.05, 4.69) is 26.1 Å². The lowest BCUT2D eigenvalue weighted by atomic mass is 9.86. The third kappa shape index (κ3) is 2.58. The first-order valence-corrected chi connectivity index (χ1v) is 6.67. The van der Waals surface area contributed by atoms with Gasteiger partial charge in [0.2, 0.25) is 0 Å². The second-order valence-electron chi connectivity index (χ2n) is 4.90. The summed E-state index contributed by atoms with van der Waals surface area (Å²) in [6.07, 6.45) is 2.00. The van der Waals surface area contributed by atoms with Gasteiger partial charge in [-0.05, 0) is 38.1 Å². The first-order chi connectivity index (χ1) is 8.08. The minimum absolute atomic E-state index is 0.0757. The Hall–Kier alpha value is -0.730. The maximum absolute atomic E-state index is 6.10. The van der Waals surface area contributed by atoms with Gasteiger partial charge in [0.25, 0.3) is 0 Å². The van der Waals surface area contributed by atoms with Crippen molar-refractivity contribution in [2.24, 2.45) is 0 Å². The van der Waals surface area contributed by atoms with Gasteiger partial charge in [-0.2, -0.15) is 0 Å². The van der Waals surface area contributed by atoms with Crippen LogP contribution in [0.4, 0.5) is 0 Å². The summed E-state index contributed by atoms with van der Waals surface area (Å²) in [7, 11) is 0. The Morgan fingerprint density at radius 1 is 1.47 bits per heavy atom. The van der Waals surface area contributed by atoms with Crippen LogP contribution in [0.5, 0.6) is 5.75 Å². The molecule has 0 saturated carbocycles. The predicted molar refractivity (Wildman–Crippen MR) is 71.8 cm³/mol. The van der Waals surface area contributed by atoms with Gasteiger partial charge in [-0.1, -0.05) is 25.4 Å². The molecule has 2 unspecified atom stereocenters. The normalized spacial score (nSPS) is 27.4. The van der Waals surface area contributed by atoms with E-state index in [1.807, 2.05) is 18.2 Å². The van der Waals surface area contributed by atoms with E-state index < -0.39 is 0 Å². The van der Waals surface area contributed by atoms with Gasteiger partial charge in [0.05, 0.1) is 0 Å². The first-order valence-electron chi connectivity index (χ1n) is 6.30. The molecule has 0 saturated heterocycles. The summed E-state index contributed by atoms with van der Waals surface area (Å²) in [6.45, 7) is 7.43. The van der Waals surface area contributed by atoms with Crippen LogP contribution < -0.4 is 10.1 Å². The summed E-state index contributed by atoms with van der Waals surface area (Å²) in [5, 5.41) is 4.29. The van der Waals surface area contributed by atoms with Crippen LogP contribution in [0.25, 0.3) is 0 Å². The number of fused-ring (bicyclic) bond motifs is 1. The summed E-state index contributed by atoms with van der Waals surface area (Å²) < 4.78 is 6.10. The molecule has 1 aromatic carbocycles. The number of benzene rings is 1. The molecule has 1 aliphatic heterocycles. The zero-order chi connectivity index (χ0) is 12.5. The average Bonchev–Trinajstić information content (AvgIpc) is 2.31. The van der Waals surface area contributed by atoms with Gasteiger partial charge in [0.15, 0.2) is 0 Å². The van der Waals surface area contributed by atoms with E-state index in [4.69, 9.17) is 16.3 Å². The van der Waals surface area contributed by atoms with E-state index in [0.717, 1.165) is 30.2 Å². The highest BCUT2D eigenvalue weighted by Crippen LogP contribution is 2.41. The Kier molecular flexibility index (Phi) is 3.64. The van der Waals surface area contributed by atoms with Crippen LogP contribution in [0.1, 0.15) is 45.2 Å². The molecule has 1 aromatic rings. The van der Waals surface area contributed by atoms with E-state index in [1.165, 1.54) is 5.56 Å². The van der Waals surface area contributed by atoms with Gasteiger partial charge >= 0.3 is 0 Å². The van der Waals surface area contributed by atoms with Crippen molar-refractivity contribution in [3.8, 4) is 5.75 Å². The van der Waals surface area contributed by atoms with Crippen molar-refractivity contribution in [3.63, 3.8) is 0 Å². The molecule has 2 atom stereocenters. The van der Waals surface area contributed by atoms with Gasteiger partial charge < -0.3 is 10.1 Å². The van der Waals surface area contributed by atoms with E-state index in [9.17, 15) is 0 Å². The zero-order valence-corrected chi connectivity index (χ0v) is 11.5. The fourth-order valence-corrected chi connectivity index (χ4v) is 2.56.